The molecule has 0 aliphatic carbocycles. The first kappa shape index (κ1) is 12.8. The van der Waals surface area contributed by atoms with Gasteiger partial charge >= 0.3 is 0 Å². The molecule has 17 heavy (non-hydrogen) atoms. The summed E-state index contributed by atoms with van der Waals surface area (Å²) in [6.45, 7) is 4.07. The maximum Gasteiger partial charge on any atom is 0.238 e. The standard InChI is InChI=1S/C13H17NOS2/c1-9-3-4-10(2)11(7-9)14-13(15)12-8-16-5-6-17-12/h3-4,7,12H,5-6,8H2,1-2H3,(H,14,15). The fourth-order valence-electron chi connectivity index (χ4n) is 1.72. The van der Waals surface area contributed by atoms with Crippen molar-refractivity contribution in [3.63, 3.8) is 0 Å². The van der Waals surface area contributed by atoms with Crippen LogP contribution in [0, 0.1) is 13.8 Å². The second kappa shape index (κ2) is 5.83. The molecule has 0 aromatic heterocycles. The monoisotopic (exact) mass is 267 g/mol. The number of thioether (sulfide) groups is 2. The molecule has 2 rings (SSSR count). The summed E-state index contributed by atoms with van der Waals surface area (Å²) >= 11 is 3.64. The number of anilines is 1. The fourth-order valence-corrected chi connectivity index (χ4v) is 4.28. The Bertz CT molecular complexity index is 414. The second-order valence-electron chi connectivity index (χ2n) is 4.24. The van der Waals surface area contributed by atoms with E-state index in [1.165, 1.54) is 5.56 Å². The normalized spacial score (nSPS) is 20.0. The van der Waals surface area contributed by atoms with Gasteiger partial charge in [-0.2, -0.15) is 11.8 Å². The largest absolute Gasteiger partial charge is 0.325 e. The van der Waals surface area contributed by atoms with E-state index in [9.17, 15) is 4.79 Å². The van der Waals surface area contributed by atoms with Crippen LogP contribution < -0.4 is 5.32 Å². The van der Waals surface area contributed by atoms with Crippen LogP contribution in [-0.4, -0.2) is 28.4 Å². The highest BCUT2D eigenvalue weighted by molar-refractivity contribution is 8.07. The third-order valence-corrected chi connectivity index (χ3v) is 5.51. The Hall–Kier alpha value is -0.610. The zero-order chi connectivity index (χ0) is 12.3. The first-order chi connectivity index (χ1) is 8.16. The van der Waals surface area contributed by atoms with Gasteiger partial charge in [-0.1, -0.05) is 12.1 Å². The Morgan fingerprint density at radius 3 is 2.88 bits per heavy atom. The number of aryl methyl sites for hydroxylation is 2. The molecule has 1 fully saturated rings. The molecule has 92 valence electrons. The summed E-state index contributed by atoms with van der Waals surface area (Å²) in [6, 6.07) is 6.15. The number of carbonyl (C=O) groups is 1. The summed E-state index contributed by atoms with van der Waals surface area (Å²) in [6.07, 6.45) is 0. The van der Waals surface area contributed by atoms with E-state index in [0.717, 1.165) is 28.5 Å². The lowest BCUT2D eigenvalue weighted by atomic mass is 10.1. The molecule has 0 saturated carbocycles. The van der Waals surface area contributed by atoms with Crippen molar-refractivity contribution in [3.05, 3.63) is 29.3 Å². The van der Waals surface area contributed by atoms with Gasteiger partial charge in [-0.15, -0.1) is 11.8 Å². The SMILES string of the molecule is Cc1ccc(C)c(NC(=O)C2CSCCS2)c1. The van der Waals surface area contributed by atoms with E-state index in [1.807, 2.05) is 37.7 Å². The number of benzene rings is 1. The van der Waals surface area contributed by atoms with Crippen molar-refractivity contribution in [2.75, 3.05) is 22.6 Å². The van der Waals surface area contributed by atoms with Crippen LogP contribution in [0.15, 0.2) is 18.2 Å². The minimum absolute atomic E-state index is 0.105. The van der Waals surface area contributed by atoms with Crippen LogP contribution in [-0.2, 0) is 4.79 Å². The molecule has 1 heterocycles. The average Bonchev–Trinajstić information content (AvgIpc) is 2.35. The van der Waals surface area contributed by atoms with Crippen LogP contribution in [0.4, 0.5) is 5.69 Å². The highest BCUT2D eigenvalue weighted by Gasteiger charge is 2.22. The molecule has 1 saturated heterocycles. The summed E-state index contributed by atoms with van der Waals surface area (Å²) in [4.78, 5) is 12.1. The maximum absolute atomic E-state index is 12.1. The molecule has 1 aromatic rings. The van der Waals surface area contributed by atoms with Crippen molar-refractivity contribution >= 4 is 35.1 Å². The van der Waals surface area contributed by atoms with E-state index in [4.69, 9.17) is 0 Å². The molecule has 1 aliphatic rings. The van der Waals surface area contributed by atoms with Crippen LogP contribution in [0.2, 0.25) is 0 Å². The van der Waals surface area contributed by atoms with Crippen molar-refractivity contribution in [2.24, 2.45) is 0 Å². The van der Waals surface area contributed by atoms with Gasteiger partial charge in [0.15, 0.2) is 0 Å². The van der Waals surface area contributed by atoms with E-state index in [1.54, 1.807) is 11.8 Å². The fraction of sp³-hybridized carbons (Fsp3) is 0.462. The summed E-state index contributed by atoms with van der Waals surface area (Å²) in [7, 11) is 0. The first-order valence-electron chi connectivity index (χ1n) is 5.74. The molecule has 0 radical (unpaired) electrons. The summed E-state index contributed by atoms with van der Waals surface area (Å²) in [5.41, 5.74) is 3.25. The maximum atomic E-state index is 12.1. The third kappa shape index (κ3) is 3.42. The lowest BCUT2D eigenvalue weighted by Gasteiger charge is -2.20. The number of carbonyl (C=O) groups excluding carboxylic acids is 1. The number of nitrogens with one attached hydrogen (secondary N) is 1. The molecule has 2 nitrogen and oxygen atoms in total. The van der Waals surface area contributed by atoms with Gasteiger partial charge in [0.25, 0.3) is 0 Å². The number of rotatable bonds is 2. The Kier molecular flexibility index (Phi) is 4.40. The summed E-state index contributed by atoms with van der Waals surface area (Å²) in [5, 5.41) is 3.15. The molecule has 0 spiro atoms. The van der Waals surface area contributed by atoms with Crippen molar-refractivity contribution in [1.29, 1.82) is 0 Å². The van der Waals surface area contributed by atoms with Gasteiger partial charge in [0.1, 0.15) is 0 Å². The Morgan fingerprint density at radius 2 is 2.18 bits per heavy atom. The van der Waals surface area contributed by atoms with Gasteiger partial charge in [-0.3, -0.25) is 4.79 Å². The molecule has 1 atom stereocenters. The van der Waals surface area contributed by atoms with Crippen LogP contribution in [0.5, 0.6) is 0 Å². The van der Waals surface area contributed by atoms with Gasteiger partial charge < -0.3 is 5.32 Å². The van der Waals surface area contributed by atoms with Crippen molar-refractivity contribution < 1.29 is 4.79 Å². The highest BCUT2D eigenvalue weighted by Crippen LogP contribution is 2.26. The van der Waals surface area contributed by atoms with Crippen LogP contribution in [0.3, 0.4) is 0 Å². The summed E-state index contributed by atoms with van der Waals surface area (Å²) < 4.78 is 0. The number of hydrogen-bond acceptors (Lipinski definition) is 3. The van der Waals surface area contributed by atoms with Crippen LogP contribution in [0.25, 0.3) is 0 Å². The minimum Gasteiger partial charge on any atom is -0.325 e. The minimum atomic E-state index is 0.105. The van der Waals surface area contributed by atoms with Gasteiger partial charge in [0.2, 0.25) is 5.91 Å². The quantitative estimate of drug-likeness (QED) is 0.893. The Balaban J connectivity index is 2.04. The van der Waals surface area contributed by atoms with Crippen LogP contribution in [0.1, 0.15) is 11.1 Å². The van der Waals surface area contributed by atoms with Crippen molar-refractivity contribution in [1.82, 2.24) is 0 Å². The lowest BCUT2D eigenvalue weighted by Crippen LogP contribution is -2.30. The predicted octanol–water partition coefficient (Wildman–Crippen LogP) is 3.09. The van der Waals surface area contributed by atoms with Gasteiger partial charge in [0.05, 0.1) is 5.25 Å². The zero-order valence-electron chi connectivity index (χ0n) is 10.2. The number of hydrogen-bond donors (Lipinski definition) is 1. The zero-order valence-corrected chi connectivity index (χ0v) is 11.8. The van der Waals surface area contributed by atoms with E-state index in [-0.39, 0.29) is 11.2 Å². The van der Waals surface area contributed by atoms with Gasteiger partial charge in [-0.25, -0.2) is 0 Å². The van der Waals surface area contributed by atoms with E-state index in [0.29, 0.717) is 0 Å². The highest BCUT2D eigenvalue weighted by atomic mass is 32.2. The molecule has 1 aromatic carbocycles. The predicted molar refractivity (Wildman–Crippen MR) is 78.1 cm³/mol. The molecule has 1 N–H and O–H groups in total. The van der Waals surface area contributed by atoms with Crippen molar-refractivity contribution in [2.45, 2.75) is 19.1 Å². The van der Waals surface area contributed by atoms with E-state index < -0.39 is 0 Å². The lowest BCUT2D eigenvalue weighted by molar-refractivity contribution is -0.115. The van der Waals surface area contributed by atoms with Crippen LogP contribution >= 0.6 is 23.5 Å². The molecule has 1 aliphatic heterocycles. The van der Waals surface area contributed by atoms with Gasteiger partial charge in [0, 0.05) is 22.9 Å². The molecular weight excluding hydrogens is 250 g/mol. The second-order valence-corrected chi connectivity index (χ2v) is 6.70. The number of amides is 1. The molecule has 1 unspecified atom stereocenters. The third-order valence-electron chi connectivity index (χ3n) is 2.76. The summed E-state index contributed by atoms with van der Waals surface area (Å²) in [5.74, 6) is 3.32. The Morgan fingerprint density at radius 1 is 1.35 bits per heavy atom. The van der Waals surface area contributed by atoms with E-state index in [2.05, 4.69) is 11.4 Å². The topological polar surface area (TPSA) is 29.1 Å². The molecular formula is C13H17NOS2. The van der Waals surface area contributed by atoms with Gasteiger partial charge in [-0.05, 0) is 31.0 Å². The molecule has 0 bridgehead atoms. The first-order valence-corrected chi connectivity index (χ1v) is 7.94. The molecule has 1 amide bonds. The molecule has 4 heteroatoms. The van der Waals surface area contributed by atoms with E-state index >= 15 is 0 Å². The Labute approximate surface area is 111 Å². The van der Waals surface area contributed by atoms with Crippen molar-refractivity contribution in [3.8, 4) is 0 Å². The smallest absolute Gasteiger partial charge is 0.238 e. The average molecular weight is 267 g/mol.